The first-order valence-electron chi connectivity index (χ1n) is 11.4. The van der Waals surface area contributed by atoms with Crippen LogP contribution in [0.2, 0.25) is 0 Å². The summed E-state index contributed by atoms with van der Waals surface area (Å²) in [7, 11) is 1.72. The Hall–Kier alpha value is -3.35. The Morgan fingerprint density at radius 3 is 2.03 bits per heavy atom. The normalized spacial score (nSPS) is 17.0. The number of piperidine rings is 1. The molecule has 1 aliphatic heterocycles. The summed E-state index contributed by atoms with van der Waals surface area (Å²) in [5.41, 5.74) is 2.10. The third-order valence-corrected chi connectivity index (χ3v) is 6.58. The molecule has 166 valence electrons. The van der Waals surface area contributed by atoms with E-state index in [0.29, 0.717) is 19.1 Å². The molecule has 7 nitrogen and oxygen atoms in total. The van der Waals surface area contributed by atoms with Gasteiger partial charge in [-0.1, -0.05) is 60.7 Å². The lowest BCUT2D eigenvalue weighted by Crippen LogP contribution is -2.45. The van der Waals surface area contributed by atoms with E-state index < -0.39 is 0 Å². The van der Waals surface area contributed by atoms with Gasteiger partial charge in [0.25, 0.3) is 0 Å². The van der Waals surface area contributed by atoms with Gasteiger partial charge in [0.05, 0.1) is 6.04 Å². The molecule has 2 heterocycles. The molecule has 0 unspecified atom stereocenters. The van der Waals surface area contributed by atoms with Gasteiger partial charge in [-0.3, -0.25) is 4.57 Å². The zero-order chi connectivity index (χ0) is 22.1. The number of aryl methyl sites for hydroxylation is 1. The number of carbonyl (C=O) groups excluding carboxylic acids is 1. The lowest BCUT2D eigenvalue weighted by molar-refractivity contribution is 0.177. The van der Waals surface area contributed by atoms with Crippen LogP contribution in [0, 0.1) is 0 Å². The molecule has 2 aliphatic rings. The van der Waals surface area contributed by atoms with Gasteiger partial charge in [0.1, 0.15) is 5.82 Å². The van der Waals surface area contributed by atoms with Crippen molar-refractivity contribution in [1.29, 1.82) is 0 Å². The largest absolute Gasteiger partial charge is 0.345 e. The highest BCUT2D eigenvalue weighted by Crippen LogP contribution is 2.37. The van der Waals surface area contributed by atoms with Crippen molar-refractivity contribution >= 4 is 6.03 Å². The fraction of sp³-hybridized carbons (Fsp3) is 0.400. The van der Waals surface area contributed by atoms with Crippen LogP contribution < -0.4 is 11.0 Å². The molecule has 2 aromatic carbocycles. The molecule has 2 fully saturated rings. The molecule has 1 aromatic heterocycles. The van der Waals surface area contributed by atoms with Crippen LogP contribution in [0.15, 0.2) is 65.5 Å². The van der Waals surface area contributed by atoms with Gasteiger partial charge in [-0.15, -0.1) is 0 Å². The summed E-state index contributed by atoms with van der Waals surface area (Å²) in [6, 6.07) is 20.2. The van der Waals surface area contributed by atoms with Crippen molar-refractivity contribution in [1.82, 2.24) is 24.6 Å². The molecule has 0 radical (unpaired) electrons. The SMILES string of the molecule is Cn1nc(C2CCN(C(=O)NC(c3ccccc3)c3ccccc3)CC2)n(C2CC2)c1=O. The van der Waals surface area contributed by atoms with Crippen LogP contribution in [0.1, 0.15) is 60.6 Å². The van der Waals surface area contributed by atoms with Gasteiger partial charge in [-0.2, -0.15) is 5.10 Å². The summed E-state index contributed by atoms with van der Waals surface area (Å²) in [5, 5.41) is 7.78. The van der Waals surface area contributed by atoms with E-state index in [0.717, 1.165) is 42.6 Å². The van der Waals surface area contributed by atoms with E-state index in [1.54, 1.807) is 7.05 Å². The minimum atomic E-state index is -0.196. The topological polar surface area (TPSA) is 72.2 Å². The van der Waals surface area contributed by atoms with Gasteiger partial charge in [-0.25, -0.2) is 14.3 Å². The van der Waals surface area contributed by atoms with Crippen molar-refractivity contribution in [3.8, 4) is 0 Å². The second-order valence-electron chi connectivity index (χ2n) is 8.83. The van der Waals surface area contributed by atoms with Gasteiger partial charge in [0, 0.05) is 32.1 Å². The molecule has 0 spiro atoms. The summed E-state index contributed by atoms with van der Waals surface area (Å²) in [5.74, 6) is 1.11. The molecular weight excluding hydrogens is 402 g/mol. The van der Waals surface area contributed by atoms with E-state index in [2.05, 4.69) is 10.4 Å². The summed E-state index contributed by atoms with van der Waals surface area (Å²) in [6.45, 7) is 1.31. The number of amides is 2. The number of carbonyl (C=O) groups is 1. The summed E-state index contributed by atoms with van der Waals surface area (Å²) < 4.78 is 3.35. The Kier molecular flexibility index (Phi) is 5.55. The number of hydrogen-bond donors (Lipinski definition) is 1. The Morgan fingerprint density at radius 2 is 1.50 bits per heavy atom. The first kappa shape index (κ1) is 20.5. The monoisotopic (exact) mass is 431 g/mol. The van der Waals surface area contributed by atoms with Gasteiger partial charge in [0.2, 0.25) is 0 Å². The van der Waals surface area contributed by atoms with Crippen molar-refractivity contribution in [2.75, 3.05) is 13.1 Å². The van der Waals surface area contributed by atoms with E-state index >= 15 is 0 Å². The molecule has 1 saturated carbocycles. The molecule has 7 heteroatoms. The fourth-order valence-electron chi connectivity index (χ4n) is 4.66. The van der Waals surface area contributed by atoms with Gasteiger partial charge in [-0.05, 0) is 36.8 Å². The summed E-state index contributed by atoms with van der Waals surface area (Å²) in [6.07, 6.45) is 3.75. The first-order chi connectivity index (χ1) is 15.6. The first-order valence-corrected chi connectivity index (χ1v) is 11.4. The standard InChI is InChI=1S/C25H29N5O2/c1-28-25(32)30(21-12-13-21)23(27-28)20-14-16-29(17-15-20)24(31)26-22(18-8-4-2-5-9-18)19-10-6-3-7-11-19/h2-11,20-22H,12-17H2,1H3,(H,26,31). The van der Waals surface area contributed by atoms with Crippen molar-refractivity contribution in [3.05, 3.63) is 88.1 Å². The number of hydrogen-bond acceptors (Lipinski definition) is 3. The molecule has 0 atom stereocenters. The predicted molar refractivity (Wildman–Crippen MR) is 123 cm³/mol. The lowest BCUT2D eigenvalue weighted by Gasteiger charge is -2.33. The van der Waals surface area contributed by atoms with Crippen molar-refractivity contribution in [2.45, 2.75) is 43.7 Å². The maximum absolute atomic E-state index is 13.2. The van der Waals surface area contributed by atoms with Crippen LogP contribution in [-0.2, 0) is 7.05 Å². The average Bonchev–Trinajstić information content (AvgIpc) is 3.63. The van der Waals surface area contributed by atoms with E-state index in [-0.39, 0.29) is 23.7 Å². The number of urea groups is 1. The number of likely N-dealkylation sites (tertiary alicyclic amines) is 1. The third-order valence-electron chi connectivity index (χ3n) is 6.58. The van der Waals surface area contributed by atoms with E-state index in [9.17, 15) is 9.59 Å². The molecule has 0 bridgehead atoms. The average molecular weight is 432 g/mol. The Bertz CT molecular complexity index is 1090. The number of nitrogens with one attached hydrogen (secondary N) is 1. The number of rotatable bonds is 5. The van der Waals surface area contributed by atoms with E-state index in [1.807, 2.05) is 70.1 Å². The third kappa shape index (κ3) is 4.07. The highest BCUT2D eigenvalue weighted by molar-refractivity contribution is 5.75. The number of aromatic nitrogens is 3. The molecule has 5 rings (SSSR count). The van der Waals surface area contributed by atoms with Crippen LogP contribution in [0.3, 0.4) is 0 Å². The Labute approximate surface area is 187 Å². The molecule has 3 aromatic rings. The highest BCUT2D eigenvalue weighted by Gasteiger charge is 2.34. The smallest absolute Gasteiger partial charge is 0.327 e. The number of benzene rings is 2. The molecule has 1 N–H and O–H groups in total. The molecular formula is C25H29N5O2. The van der Waals surface area contributed by atoms with Crippen molar-refractivity contribution in [3.63, 3.8) is 0 Å². The molecule has 1 aliphatic carbocycles. The number of nitrogens with zero attached hydrogens (tertiary/aromatic N) is 4. The zero-order valence-corrected chi connectivity index (χ0v) is 18.4. The maximum atomic E-state index is 13.2. The fourth-order valence-corrected chi connectivity index (χ4v) is 4.66. The lowest BCUT2D eigenvalue weighted by atomic mass is 9.95. The Balaban J connectivity index is 1.28. The van der Waals surface area contributed by atoms with Crippen LogP contribution in [0.5, 0.6) is 0 Å². The Morgan fingerprint density at radius 1 is 0.938 bits per heavy atom. The zero-order valence-electron chi connectivity index (χ0n) is 18.4. The van der Waals surface area contributed by atoms with Crippen LogP contribution in [-0.4, -0.2) is 38.4 Å². The van der Waals surface area contributed by atoms with Crippen molar-refractivity contribution in [2.24, 2.45) is 7.05 Å². The second kappa shape index (κ2) is 8.65. The van der Waals surface area contributed by atoms with Crippen LogP contribution in [0.4, 0.5) is 4.79 Å². The molecule has 2 amide bonds. The van der Waals surface area contributed by atoms with Gasteiger partial charge < -0.3 is 10.2 Å². The van der Waals surface area contributed by atoms with Crippen molar-refractivity contribution < 1.29 is 4.79 Å². The summed E-state index contributed by atoms with van der Waals surface area (Å²) in [4.78, 5) is 27.5. The van der Waals surface area contributed by atoms with Gasteiger partial charge in [0.15, 0.2) is 0 Å². The van der Waals surface area contributed by atoms with E-state index in [1.165, 1.54) is 4.68 Å². The van der Waals surface area contributed by atoms with Crippen LogP contribution >= 0.6 is 0 Å². The molecule has 1 saturated heterocycles. The second-order valence-corrected chi connectivity index (χ2v) is 8.83. The van der Waals surface area contributed by atoms with E-state index in [4.69, 9.17) is 0 Å². The predicted octanol–water partition coefficient (Wildman–Crippen LogP) is 3.60. The van der Waals surface area contributed by atoms with Gasteiger partial charge >= 0.3 is 11.7 Å². The summed E-state index contributed by atoms with van der Waals surface area (Å²) >= 11 is 0. The molecule has 32 heavy (non-hydrogen) atoms. The maximum Gasteiger partial charge on any atom is 0.345 e. The minimum absolute atomic E-state index is 0.0174. The van der Waals surface area contributed by atoms with Crippen LogP contribution in [0.25, 0.3) is 0 Å². The highest BCUT2D eigenvalue weighted by atomic mass is 16.2. The quantitative estimate of drug-likeness (QED) is 0.671. The minimum Gasteiger partial charge on any atom is -0.327 e.